The zero-order valence-corrected chi connectivity index (χ0v) is 14.3. The van der Waals surface area contributed by atoms with Gasteiger partial charge >= 0.3 is 0 Å². The van der Waals surface area contributed by atoms with E-state index in [1.165, 1.54) is 0 Å². The van der Waals surface area contributed by atoms with Crippen molar-refractivity contribution >= 4 is 5.96 Å². The smallest absolute Gasteiger partial charge is 0.191 e. The molecule has 25 heavy (non-hydrogen) atoms. The summed E-state index contributed by atoms with van der Waals surface area (Å²) in [6.07, 6.45) is 6.70. The number of aliphatic imine (C=N–C) groups is 1. The highest BCUT2D eigenvalue weighted by Crippen LogP contribution is 2.06. The molecule has 2 aromatic heterocycles. The number of para-hydroxylation sites is 1. The Labute approximate surface area is 147 Å². The van der Waals surface area contributed by atoms with Crippen molar-refractivity contribution in [1.29, 1.82) is 0 Å². The van der Waals surface area contributed by atoms with Gasteiger partial charge < -0.3 is 10.6 Å². The Bertz CT molecular complexity index is 775. The van der Waals surface area contributed by atoms with Crippen molar-refractivity contribution in [2.45, 2.75) is 19.5 Å². The van der Waals surface area contributed by atoms with Gasteiger partial charge in [-0.05, 0) is 30.7 Å². The van der Waals surface area contributed by atoms with Crippen LogP contribution in [0.5, 0.6) is 0 Å². The number of hydrogen-bond acceptors (Lipinski definition) is 3. The van der Waals surface area contributed by atoms with Crippen LogP contribution < -0.4 is 10.6 Å². The molecule has 0 aliphatic rings. The average Bonchev–Trinajstić information content (AvgIpc) is 3.34. The van der Waals surface area contributed by atoms with Gasteiger partial charge in [-0.15, -0.1) is 0 Å². The van der Waals surface area contributed by atoms with Crippen LogP contribution in [0.1, 0.15) is 12.1 Å². The van der Waals surface area contributed by atoms with E-state index in [4.69, 9.17) is 0 Å². The molecule has 2 N–H and O–H groups in total. The molecule has 3 aromatic rings. The minimum atomic E-state index is 0.624. The van der Waals surface area contributed by atoms with Gasteiger partial charge in [-0.25, -0.2) is 4.68 Å². The summed E-state index contributed by atoms with van der Waals surface area (Å²) in [5.41, 5.74) is 2.01. The third-order valence-electron chi connectivity index (χ3n) is 3.74. The average molecular weight is 337 g/mol. The van der Waals surface area contributed by atoms with Crippen molar-refractivity contribution < 1.29 is 0 Å². The van der Waals surface area contributed by atoms with E-state index in [-0.39, 0.29) is 0 Å². The van der Waals surface area contributed by atoms with Crippen molar-refractivity contribution in [3.8, 4) is 5.69 Å². The minimum absolute atomic E-state index is 0.624. The molecule has 0 aliphatic carbocycles. The van der Waals surface area contributed by atoms with E-state index in [0.717, 1.165) is 36.9 Å². The molecule has 7 heteroatoms. The zero-order chi connectivity index (χ0) is 17.3. The van der Waals surface area contributed by atoms with E-state index in [9.17, 15) is 0 Å². The minimum Gasteiger partial charge on any atom is -0.356 e. The third kappa shape index (κ3) is 4.94. The maximum atomic E-state index is 4.58. The normalized spacial score (nSPS) is 11.5. The van der Waals surface area contributed by atoms with Gasteiger partial charge in [0.15, 0.2) is 5.96 Å². The molecule has 0 bridgehead atoms. The highest BCUT2D eigenvalue weighted by molar-refractivity contribution is 5.79. The van der Waals surface area contributed by atoms with Crippen LogP contribution >= 0.6 is 0 Å². The van der Waals surface area contributed by atoms with E-state index in [1.807, 2.05) is 64.2 Å². The van der Waals surface area contributed by atoms with Gasteiger partial charge in [0.05, 0.1) is 17.9 Å². The number of nitrogens with one attached hydrogen (secondary N) is 2. The van der Waals surface area contributed by atoms with Crippen molar-refractivity contribution in [1.82, 2.24) is 30.2 Å². The van der Waals surface area contributed by atoms with E-state index < -0.39 is 0 Å². The molecule has 0 fully saturated rings. The molecule has 3 rings (SSSR count). The second-order valence-electron chi connectivity index (χ2n) is 5.56. The number of hydrogen-bond donors (Lipinski definition) is 2. The number of aryl methyl sites for hydroxylation is 1. The predicted octanol–water partition coefficient (Wildman–Crippen LogP) is 1.82. The SMILES string of the molecule is CN=C(NCCCn1cccn1)NCc1ccn(-c2ccccc2)n1. The van der Waals surface area contributed by atoms with Gasteiger partial charge in [0.2, 0.25) is 0 Å². The van der Waals surface area contributed by atoms with Gasteiger partial charge in [-0.3, -0.25) is 9.67 Å². The van der Waals surface area contributed by atoms with Crippen LogP contribution in [0.25, 0.3) is 5.69 Å². The molecule has 0 radical (unpaired) electrons. The van der Waals surface area contributed by atoms with Crippen LogP contribution in [-0.4, -0.2) is 39.1 Å². The quantitative estimate of drug-likeness (QED) is 0.392. The highest BCUT2D eigenvalue weighted by Gasteiger charge is 2.03. The van der Waals surface area contributed by atoms with Crippen LogP contribution in [0, 0.1) is 0 Å². The fourth-order valence-electron chi connectivity index (χ4n) is 2.46. The first-order valence-corrected chi connectivity index (χ1v) is 8.37. The Morgan fingerprint density at radius 1 is 1.08 bits per heavy atom. The fraction of sp³-hybridized carbons (Fsp3) is 0.278. The lowest BCUT2D eigenvalue weighted by molar-refractivity contribution is 0.570. The maximum absolute atomic E-state index is 4.58. The van der Waals surface area contributed by atoms with Gasteiger partial charge in [0.25, 0.3) is 0 Å². The number of guanidine groups is 1. The summed E-state index contributed by atoms with van der Waals surface area (Å²) < 4.78 is 3.80. The Morgan fingerprint density at radius 3 is 2.72 bits per heavy atom. The van der Waals surface area contributed by atoms with Crippen molar-refractivity contribution in [2.75, 3.05) is 13.6 Å². The first kappa shape index (κ1) is 16.8. The molecule has 0 saturated carbocycles. The van der Waals surface area contributed by atoms with Gasteiger partial charge in [-0.2, -0.15) is 10.2 Å². The zero-order valence-electron chi connectivity index (χ0n) is 14.3. The van der Waals surface area contributed by atoms with Crippen LogP contribution in [0.3, 0.4) is 0 Å². The molecular formula is C18H23N7. The Morgan fingerprint density at radius 2 is 1.96 bits per heavy atom. The molecule has 0 aliphatic heterocycles. The van der Waals surface area contributed by atoms with E-state index in [1.54, 1.807) is 13.2 Å². The second-order valence-corrected chi connectivity index (χ2v) is 5.56. The molecule has 7 nitrogen and oxygen atoms in total. The highest BCUT2D eigenvalue weighted by atomic mass is 15.3. The lowest BCUT2D eigenvalue weighted by Crippen LogP contribution is -2.37. The molecule has 1 aromatic carbocycles. The monoisotopic (exact) mass is 337 g/mol. The van der Waals surface area contributed by atoms with Gasteiger partial charge in [0, 0.05) is 38.7 Å². The van der Waals surface area contributed by atoms with E-state index >= 15 is 0 Å². The molecule has 0 spiro atoms. The number of rotatable bonds is 7. The van der Waals surface area contributed by atoms with Crippen LogP contribution in [0.4, 0.5) is 0 Å². The molecule has 130 valence electrons. The van der Waals surface area contributed by atoms with E-state index in [0.29, 0.717) is 6.54 Å². The summed E-state index contributed by atoms with van der Waals surface area (Å²) in [5.74, 6) is 0.773. The van der Waals surface area contributed by atoms with Crippen LogP contribution in [0.15, 0.2) is 66.0 Å². The summed E-state index contributed by atoms with van der Waals surface area (Å²) >= 11 is 0. The molecule has 0 unspecified atom stereocenters. The third-order valence-corrected chi connectivity index (χ3v) is 3.74. The molecule has 0 amide bonds. The van der Waals surface area contributed by atoms with Gasteiger partial charge in [0.1, 0.15) is 0 Å². The number of nitrogens with zero attached hydrogens (tertiary/aromatic N) is 5. The second kappa shape index (κ2) is 8.68. The summed E-state index contributed by atoms with van der Waals surface area (Å²) in [4.78, 5) is 4.24. The fourth-order valence-corrected chi connectivity index (χ4v) is 2.46. The largest absolute Gasteiger partial charge is 0.356 e. The van der Waals surface area contributed by atoms with Crippen molar-refractivity contribution in [3.63, 3.8) is 0 Å². The summed E-state index contributed by atoms with van der Waals surface area (Å²) in [6, 6.07) is 14.0. The first-order valence-electron chi connectivity index (χ1n) is 8.37. The number of benzene rings is 1. The Balaban J connectivity index is 1.43. The Hall–Kier alpha value is -3.09. The van der Waals surface area contributed by atoms with Crippen molar-refractivity contribution in [3.05, 3.63) is 66.7 Å². The van der Waals surface area contributed by atoms with Crippen LogP contribution in [0.2, 0.25) is 0 Å². The lowest BCUT2D eigenvalue weighted by atomic mass is 10.3. The Kier molecular flexibility index (Phi) is 5.82. The summed E-state index contributed by atoms with van der Waals surface area (Å²) in [6.45, 7) is 2.34. The number of aromatic nitrogens is 4. The molecule has 2 heterocycles. The lowest BCUT2D eigenvalue weighted by Gasteiger charge is -2.11. The van der Waals surface area contributed by atoms with Crippen molar-refractivity contribution in [2.24, 2.45) is 4.99 Å². The topological polar surface area (TPSA) is 72.1 Å². The summed E-state index contributed by atoms with van der Waals surface area (Å²) in [7, 11) is 1.77. The predicted molar refractivity (Wildman–Crippen MR) is 98.6 cm³/mol. The standard InChI is InChI=1S/C18H23N7/c1-19-18(20-10-5-12-24-13-6-11-22-24)21-15-16-9-14-25(23-16)17-7-3-2-4-8-17/h2-4,6-9,11,13-14H,5,10,12,15H2,1H3,(H2,19,20,21). The van der Waals surface area contributed by atoms with E-state index in [2.05, 4.69) is 25.8 Å². The molecule has 0 saturated heterocycles. The molecular weight excluding hydrogens is 314 g/mol. The summed E-state index contributed by atoms with van der Waals surface area (Å²) in [5, 5.41) is 15.4. The first-order chi connectivity index (χ1) is 12.3. The molecule has 0 atom stereocenters. The van der Waals surface area contributed by atoms with Gasteiger partial charge in [-0.1, -0.05) is 18.2 Å². The maximum Gasteiger partial charge on any atom is 0.191 e. The van der Waals surface area contributed by atoms with Crippen LogP contribution in [-0.2, 0) is 13.1 Å².